The van der Waals surface area contributed by atoms with E-state index in [1.54, 1.807) is 32.9 Å². The van der Waals surface area contributed by atoms with Crippen LogP contribution in [0.5, 0.6) is 5.75 Å². The third-order valence-corrected chi connectivity index (χ3v) is 2.54. The minimum absolute atomic E-state index is 0. The number of rotatable bonds is 4. The molecule has 116 valence electrons. The van der Waals surface area contributed by atoms with Gasteiger partial charge in [-0.2, -0.15) is 0 Å². The van der Waals surface area contributed by atoms with Crippen molar-refractivity contribution in [3.05, 3.63) is 29.8 Å². The molecule has 0 heterocycles. The van der Waals surface area contributed by atoms with Crippen molar-refractivity contribution in [2.24, 2.45) is 0 Å². The Labute approximate surface area is 152 Å². The predicted molar refractivity (Wildman–Crippen MR) is 74.8 cm³/mol. The van der Waals surface area contributed by atoms with Crippen LogP contribution in [0.3, 0.4) is 0 Å². The molecule has 22 heavy (non-hydrogen) atoms. The van der Waals surface area contributed by atoms with E-state index in [4.69, 9.17) is 4.74 Å². The molecule has 0 radical (unpaired) electrons. The quantitative estimate of drug-likeness (QED) is 0.532. The maximum Gasteiger partial charge on any atom is 1.00 e. The number of hydrogen-bond acceptors (Lipinski definition) is 5. The smallest absolute Gasteiger partial charge is 0.872 e. The average Bonchev–Trinajstić information content (AvgIpc) is 2.37. The summed E-state index contributed by atoms with van der Waals surface area (Å²) in [7, 11) is 1.24. The van der Waals surface area contributed by atoms with E-state index in [1.807, 2.05) is 0 Å². The molecule has 1 unspecified atom stereocenters. The van der Waals surface area contributed by atoms with Crippen LogP contribution < -0.4 is 40.0 Å². The Kier molecular flexibility index (Phi) is 8.52. The van der Waals surface area contributed by atoms with Crippen molar-refractivity contribution < 1.29 is 53.7 Å². The number of ether oxygens (including phenoxy) is 2. The van der Waals surface area contributed by atoms with Crippen LogP contribution in [0, 0.1) is 0 Å². The molecule has 1 rings (SSSR count). The second kappa shape index (κ2) is 9.02. The average molecular weight is 317 g/mol. The number of amides is 1. The molecule has 0 spiro atoms. The van der Waals surface area contributed by atoms with Gasteiger partial charge in [0.1, 0.15) is 11.6 Å². The molecule has 0 aromatic heterocycles. The summed E-state index contributed by atoms with van der Waals surface area (Å²) in [6, 6.07) is 5.14. The van der Waals surface area contributed by atoms with Crippen molar-refractivity contribution in [3.8, 4) is 5.75 Å². The second-order valence-corrected chi connectivity index (χ2v) is 5.57. The van der Waals surface area contributed by atoms with Gasteiger partial charge in [-0.05, 0) is 26.3 Å². The Balaban J connectivity index is 0.00000441. The largest absolute Gasteiger partial charge is 1.00 e. The van der Waals surface area contributed by atoms with Gasteiger partial charge in [-0.1, -0.05) is 24.3 Å². The number of carbonyl (C=O) groups excluding carboxylic acids is 2. The molecule has 0 fully saturated rings. The van der Waals surface area contributed by atoms with Crippen molar-refractivity contribution in [1.82, 2.24) is 5.32 Å². The summed E-state index contributed by atoms with van der Waals surface area (Å²) in [6.07, 6.45) is -0.481. The number of benzene rings is 1. The summed E-state index contributed by atoms with van der Waals surface area (Å²) in [5.74, 6) is -0.694. The van der Waals surface area contributed by atoms with Gasteiger partial charge < -0.3 is 19.9 Å². The van der Waals surface area contributed by atoms with Crippen LogP contribution >= 0.6 is 0 Å². The molecule has 1 aromatic carbocycles. The fourth-order valence-electron chi connectivity index (χ4n) is 1.65. The number of alkyl carbamates (subject to hydrolysis) is 1. The summed E-state index contributed by atoms with van der Waals surface area (Å²) >= 11 is 0. The van der Waals surface area contributed by atoms with E-state index in [-0.39, 0.29) is 41.7 Å². The molecule has 0 aliphatic rings. The molecule has 1 atom stereocenters. The van der Waals surface area contributed by atoms with Crippen LogP contribution in [0.4, 0.5) is 4.79 Å². The zero-order valence-electron chi connectivity index (χ0n) is 13.6. The van der Waals surface area contributed by atoms with Gasteiger partial charge in [-0.15, -0.1) is 5.75 Å². The van der Waals surface area contributed by atoms with Crippen molar-refractivity contribution in [2.45, 2.75) is 38.8 Å². The fraction of sp³-hybridized carbons (Fsp3) is 0.467. The molecule has 6 nitrogen and oxygen atoms in total. The van der Waals surface area contributed by atoms with Crippen molar-refractivity contribution in [3.63, 3.8) is 0 Å². The zero-order valence-corrected chi connectivity index (χ0v) is 15.6. The standard InChI is InChI=1S/C15H21NO5.Na/c1-15(2,3)21-14(19)16-12(13(18)20-4)9-10-5-7-11(17)8-6-10;/h5-8,12,17H,9H2,1-4H3,(H,16,19);/q;+1/p-1. The number of carbonyl (C=O) groups is 2. The Bertz CT molecular complexity index is 496. The van der Waals surface area contributed by atoms with Gasteiger partial charge in [0.2, 0.25) is 0 Å². The molecule has 1 aromatic rings. The predicted octanol–water partition coefficient (Wildman–Crippen LogP) is -1.63. The Morgan fingerprint density at radius 1 is 1.23 bits per heavy atom. The molecule has 0 aliphatic carbocycles. The monoisotopic (exact) mass is 317 g/mol. The second-order valence-electron chi connectivity index (χ2n) is 5.57. The van der Waals surface area contributed by atoms with Crippen LogP contribution in [0.25, 0.3) is 0 Å². The molecular formula is C15H20NNaO5. The number of methoxy groups -OCH3 is 1. The first kappa shape index (κ1) is 20.8. The van der Waals surface area contributed by atoms with E-state index >= 15 is 0 Å². The maximum absolute atomic E-state index is 11.7. The summed E-state index contributed by atoms with van der Waals surface area (Å²) < 4.78 is 9.78. The van der Waals surface area contributed by atoms with E-state index in [1.165, 1.54) is 19.2 Å². The van der Waals surface area contributed by atoms with Gasteiger partial charge in [0.25, 0.3) is 0 Å². The normalized spacial score (nSPS) is 11.8. The first-order valence-electron chi connectivity index (χ1n) is 6.54. The van der Waals surface area contributed by atoms with Crippen molar-refractivity contribution in [1.29, 1.82) is 0 Å². The van der Waals surface area contributed by atoms with Gasteiger partial charge >= 0.3 is 41.6 Å². The summed E-state index contributed by atoms with van der Waals surface area (Å²) in [5.41, 5.74) is 0.0793. The molecular weight excluding hydrogens is 297 g/mol. The Morgan fingerprint density at radius 3 is 2.23 bits per heavy atom. The van der Waals surface area contributed by atoms with E-state index < -0.39 is 23.7 Å². The third kappa shape index (κ3) is 7.68. The zero-order chi connectivity index (χ0) is 16.0. The van der Waals surface area contributed by atoms with Gasteiger partial charge in [0.15, 0.2) is 0 Å². The minimum atomic E-state index is -0.873. The number of esters is 1. The summed E-state index contributed by atoms with van der Waals surface area (Å²) in [4.78, 5) is 23.5. The Morgan fingerprint density at radius 2 is 1.77 bits per heavy atom. The van der Waals surface area contributed by atoms with Gasteiger partial charge in [-0.3, -0.25) is 0 Å². The van der Waals surface area contributed by atoms with E-state index in [0.717, 1.165) is 5.56 Å². The summed E-state index contributed by atoms with van der Waals surface area (Å²) in [5, 5.41) is 13.5. The molecule has 0 aliphatic heterocycles. The molecule has 1 amide bonds. The van der Waals surface area contributed by atoms with Gasteiger partial charge in [0, 0.05) is 6.42 Å². The molecule has 1 N–H and O–H groups in total. The first-order chi connectivity index (χ1) is 9.71. The van der Waals surface area contributed by atoms with E-state index in [0.29, 0.717) is 0 Å². The van der Waals surface area contributed by atoms with Crippen LogP contribution in [0.1, 0.15) is 26.3 Å². The van der Waals surface area contributed by atoms with Crippen LogP contribution in [-0.4, -0.2) is 30.8 Å². The molecule has 0 saturated heterocycles. The number of nitrogens with one attached hydrogen (secondary N) is 1. The van der Waals surface area contributed by atoms with Crippen LogP contribution in [-0.2, 0) is 20.7 Å². The third-order valence-electron chi connectivity index (χ3n) is 2.54. The molecule has 0 saturated carbocycles. The van der Waals surface area contributed by atoms with Crippen LogP contribution in [0.2, 0.25) is 0 Å². The van der Waals surface area contributed by atoms with Crippen molar-refractivity contribution in [2.75, 3.05) is 7.11 Å². The fourth-order valence-corrected chi connectivity index (χ4v) is 1.65. The summed E-state index contributed by atoms with van der Waals surface area (Å²) in [6.45, 7) is 5.19. The van der Waals surface area contributed by atoms with Gasteiger partial charge in [0.05, 0.1) is 7.11 Å². The number of hydrogen-bond donors (Lipinski definition) is 1. The SMILES string of the molecule is COC(=O)C(Cc1ccc([O-])cc1)NC(=O)OC(C)(C)C.[Na+]. The topological polar surface area (TPSA) is 87.7 Å². The Hall–Kier alpha value is -1.24. The van der Waals surface area contributed by atoms with Crippen LogP contribution in [0.15, 0.2) is 24.3 Å². The maximum atomic E-state index is 11.7. The minimum Gasteiger partial charge on any atom is -0.872 e. The molecule has 0 bridgehead atoms. The first-order valence-corrected chi connectivity index (χ1v) is 6.54. The van der Waals surface area contributed by atoms with Crippen molar-refractivity contribution >= 4 is 12.1 Å². The van der Waals surface area contributed by atoms with E-state index in [9.17, 15) is 14.7 Å². The van der Waals surface area contributed by atoms with Gasteiger partial charge in [-0.25, -0.2) is 9.59 Å². The van der Waals surface area contributed by atoms with E-state index in [2.05, 4.69) is 10.1 Å². The molecule has 7 heteroatoms.